The Bertz CT molecular complexity index is 839. The van der Waals surface area contributed by atoms with E-state index in [0.717, 1.165) is 54.6 Å². The van der Waals surface area contributed by atoms with Gasteiger partial charge in [-0.2, -0.15) is 17.5 Å². The zero-order valence-electron chi connectivity index (χ0n) is 9.76. The molecule has 8 heteroatoms. The van der Waals surface area contributed by atoms with E-state index >= 15 is 0 Å². The summed E-state index contributed by atoms with van der Waals surface area (Å²) in [6.45, 7) is 0. The van der Waals surface area contributed by atoms with Gasteiger partial charge < -0.3 is 0 Å². The number of nitrogens with zero attached hydrogens (tertiary/aromatic N) is 4. The lowest BCUT2D eigenvalue weighted by Crippen LogP contribution is -2.08. The second-order valence-electron chi connectivity index (χ2n) is 4.40. The quantitative estimate of drug-likeness (QED) is 0.406. The SMILES string of the molecule is [AlH2][c]1cc2c(c[c]([AlH2])c3nsnc32)c2nsnc12. The van der Waals surface area contributed by atoms with E-state index in [1.54, 1.807) is 0 Å². The van der Waals surface area contributed by atoms with E-state index in [-0.39, 0.29) is 0 Å². The van der Waals surface area contributed by atoms with Crippen molar-refractivity contribution >= 4 is 97.7 Å². The molecule has 18 heavy (non-hydrogen) atoms. The van der Waals surface area contributed by atoms with Crippen molar-refractivity contribution in [2.45, 2.75) is 0 Å². The Labute approximate surface area is 127 Å². The van der Waals surface area contributed by atoms with Crippen LogP contribution < -0.4 is 8.85 Å². The molecule has 0 N–H and O–H groups in total. The molecule has 0 spiro atoms. The summed E-state index contributed by atoms with van der Waals surface area (Å²) in [5, 5.41) is 2.37. The minimum absolute atomic E-state index is 0.973. The zero-order valence-corrected chi connectivity index (χ0v) is 15.4. The number of aromatic nitrogens is 4. The number of rotatable bonds is 0. The number of hydrogen-bond acceptors (Lipinski definition) is 6. The molecule has 0 aliphatic heterocycles. The van der Waals surface area contributed by atoms with E-state index in [2.05, 4.69) is 29.6 Å². The average molecular weight is 300 g/mol. The first-order valence-electron chi connectivity index (χ1n) is 5.53. The fourth-order valence-electron chi connectivity index (χ4n) is 2.37. The lowest BCUT2D eigenvalue weighted by molar-refractivity contribution is 1.68. The normalized spacial score (nSPS) is 11.8. The molecule has 0 aliphatic rings. The Balaban J connectivity index is 2.40. The number of benzene rings is 2. The Hall–Kier alpha value is -0.595. The fourth-order valence-corrected chi connectivity index (χ4v) is 5.20. The van der Waals surface area contributed by atoms with Gasteiger partial charge in [0.2, 0.25) is 0 Å². The molecule has 0 radical (unpaired) electrons. The van der Waals surface area contributed by atoms with Crippen LogP contribution in [0, 0.1) is 0 Å². The summed E-state index contributed by atoms with van der Waals surface area (Å²) in [5.41, 5.74) is 4.22. The van der Waals surface area contributed by atoms with Crippen LogP contribution in [-0.2, 0) is 0 Å². The third kappa shape index (κ3) is 1.42. The zero-order chi connectivity index (χ0) is 12.3. The molecule has 0 aliphatic carbocycles. The highest BCUT2D eigenvalue weighted by Crippen LogP contribution is 2.26. The summed E-state index contributed by atoms with van der Waals surface area (Å²) in [4.78, 5) is 0. The third-order valence-electron chi connectivity index (χ3n) is 3.25. The first kappa shape index (κ1) is 11.2. The second-order valence-corrected chi connectivity index (χ2v) is 7.62. The van der Waals surface area contributed by atoms with Crippen molar-refractivity contribution in [3.8, 4) is 0 Å². The van der Waals surface area contributed by atoms with Crippen LogP contribution in [0.4, 0.5) is 0 Å². The highest BCUT2D eigenvalue weighted by molar-refractivity contribution is 7.00. The van der Waals surface area contributed by atoms with Crippen molar-refractivity contribution in [2.24, 2.45) is 0 Å². The van der Waals surface area contributed by atoms with E-state index < -0.39 is 0 Å². The van der Waals surface area contributed by atoms with Gasteiger partial charge in [-0.1, -0.05) is 21.0 Å². The van der Waals surface area contributed by atoms with Crippen LogP contribution >= 0.6 is 23.5 Å². The molecule has 2 aromatic heterocycles. The minimum Gasteiger partial charge on any atom is -0.174 e. The average Bonchev–Trinajstić information content (AvgIpc) is 2.98. The maximum atomic E-state index is 4.46. The molecule has 0 bridgehead atoms. The molecule has 2 heterocycles. The lowest BCUT2D eigenvalue weighted by Gasteiger charge is -2.04. The molecule has 2 aromatic carbocycles. The third-order valence-corrected chi connectivity index (χ3v) is 5.83. The smallest absolute Gasteiger partial charge is 0.174 e. The van der Waals surface area contributed by atoms with Gasteiger partial charge in [0.25, 0.3) is 32.6 Å². The summed E-state index contributed by atoms with van der Waals surface area (Å²) in [7, 11) is 0. The van der Waals surface area contributed by atoms with Crippen LogP contribution in [0.25, 0.3) is 32.8 Å². The highest BCUT2D eigenvalue weighted by atomic mass is 32.1. The van der Waals surface area contributed by atoms with Crippen LogP contribution in [-0.4, -0.2) is 50.1 Å². The van der Waals surface area contributed by atoms with Gasteiger partial charge in [0.15, 0.2) is 0 Å². The molecule has 0 fully saturated rings. The fraction of sp³-hybridized carbons (Fsp3) is 0. The van der Waals surface area contributed by atoms with Gasteiger partial charge in [0.05, 0.1) is 34.5 Å². The van der Waals surface area contributed by atoms with E-state index in [4.69, 9.17) is 0 Å². The van der Waals surface area contributed by atoms with E-state index in [1.807, 2.05) is 0 Å². The number of fused-ring (bicyclic) bond motifs is 5. The van der Waals surface area contributed by atoms with Crippen molar-refractivity contribution in [3.05, 3.63) is 12.1 Å². The predicted molar refractivity (Wildman–Crippen MR) is 82.2 cm³/mol. The maximum Gasteiger partial charge on any atom is 0.262 e. The van der Waals surface area contributed by atoms with Crippen molar-refractivity contribution in [1.82, 2.24) is 17.5 Å². The summed E-state index contributed by atoms with van der Waals surface area (Å²) < 4.78 is 20.3. The van der Waals surface area contributed by atoms with Crippen molar-refractivity contribution in [1.29, 1.82) is 0 Å². The van der Waals surface area contributed by atoms with Gasteiger partial charge in [-0.3, -0.25) is 0 Å². The first-order valence-corrected chi connectivity index (χ1v) is 8.99. The van der Waals surface area contributed by atoms with Crippen molar-refractivity contribution in [3.63, 3.8) is 0 Å². The van der Waals surface area contributed by atoms with Crippen LogP contribution in [0.1, 0.15) is 0 Å². The number of hydrogen-bond donors (Lipinski definition) is 0. The van der Waals surface area contributed by atoms with Crippen LogP contribution in [0.15, 0.2) is 12.1 Å². The van der Waals surface area contributed by atoms with Crippen LogP contribution in [0.2, 0.25) is 0 Å². The van der Waals surface area contributed by atoms with Gasteiger partial charge >= 0.3 is 0 Å². The van der Waals surface area contributed by atoms with Gasteiger partial charge in [0.1, 0.15) is 11.0 Å². The Morgan fingerprint density at radius 3 is 1.50 bits per heavy atom. The molecule has 0 amide bonds. The molecule has 4 aromatic rings. The summed E-state index contributed by atoms with van der Waals surface area (Å²) in [5.74, 6) is 0. The lowest BCUT2D eigenvalue weighted by atomic mass is 10.1. The molecular formula is C10H6Al2N4S2. The molecule has 84 valence electrons. The van der Waals surface area contributed by atoms with Crippen LogP contribution in [0.3, 0.4) is 0 Å². The monoisotopic (exact) mass is 300 g/mol. The highest BCUT2D eigenvalue weighted by Gasteiger charge is 2.13. The van der Waals surface area contributed by atoms with Crippen molar-refractivity contribution in [2.75, 3.05) is 0 Å². The largest absolute Gasteiger partial charge is 0.262 e. The topological polar surface area (TPSA) is 51.6 Å². The molecule has 0 unspecified atom stereocenters. The maximum absolute atomic E-state index is 4.46. The van der Waals surface area contributed by atoms with E-state index in [0.29, 0.717) is 0 Å². The summed E-state index contributed by atoms with van der Waals surface area (Å²) >= 11 is 4.54. The summed E-state index contributed by atoms with van der Waals surface area (Å²) in [6.07, 6.45) is 0. The van der Waals surface area contributed by atoms with Gasteiger partial charge in [-0.25, -0.2) is 0 Å². The first-order chi connectivity index (χ1) is 8.75. The molecular weight excluding hydrogens is 294 g/mol. The van der Waals surface area contributed by atoms with Gasteiger partial charge in [-0.05, 0) is 0 Å². The Kier molecular flexibility index (Phi) is 2.47. The van der Waals surface area contributed by atoms with Crippen LogP contribution in [0.5, 0.6) is 0 Å². The standard InChI is InChI=1S/C10H2N4S2.2Al.4H/c1-3-7-10(14-15-11-7)6-2-4-8-9(5(1)6)13-16-12-8;;;;;;/h1-2H;;;;;;. The van der Waals surface area contributed by atoms with Gasteiger partial charge in [-0.15, -0.1) is 0 Å². The molecule has 4 rings (SSSR count). The van der Waals surface area contributed by atoms with E-state index in [1.165, 1.54) is 43.1 Å². The Morgan fingerprint density at radius 1 is 0.667 bits per heavy atom. The predicted octanol–water partition coefficient (Wildman–Crippen LogP) is -0.634. The minimum atomic E-state index is 0.973. The van der Waals surface area contributed by atoms with Crippen molar-refractivity contribution < 1.29 is 0 Å². The second kappa shape index (κ2) is 3.95. The molecule has 4 nitrogen and oxygen atoms in total. The Morgan fingerprint density at radius 2 is 1.06 bits per heavy atom. The molecule has 0 saturated heterocycles. The van der Waals surface area contributed by atoms with E-state index in [9.17, 15) is 0 Å². The van der Waals surface area contributed by atoms with Gasteiger partial charge in [0, 0.05) is 10.8 Å². The summed E-state index contributed by atoms with van der Waals surface area (Å²) in [6, 6.07) is 4.44. The molecule has 0 atom stereocenters. The molecule has 0 saturated carbocycles.